The molecule has 0 saturated carbocycles. The van der Waals surface area contributed by atoms with Gasteiger partial charge < -0.3 is 5.32 Å². The molecule has 0 radical (unpaired) electrons. The fourth-order valence-corrected chi connectivity index (χ4v) is 3.31. The summed E-state index contributed by atoms with van der Waals surface area (Å²) in [5, 5.41) is 3.30. The normalized spacial score (nSPS) is 13.7. The summed E-state index contributed by atoms with van der Waals surface area (Å²) in [7, 11) is -1.46. The van der Waals surface area contributed by atoms with Gasteiger partial charge in [-0.05, 0) is 32.5 Å². The van der Waals surface area contributed by atoms with Crippen molar-refractivity contribution >= 4 is 21.4 Å². The van der Waals surface area contributed by atoms with Crippen LogP contribution in [0.15, 0.2) is 29.2 Å². The maximum Gasteiger partial charge on any atom is 0.179 e. The van der Waals surface area contributed by atoms with Crippen molar-refractivity contribution in [3.63, 3.8) is 0 Å². The molecule has 1 rings (SSSR count). The van der Waals surface area contributed by atoms with Gasteiger partial charge in [-0.25, -0.2) is 8.42 Å². The lowest BCUT2D eigenvalue weighted by Crippen LogP contribution is -2.24. The average Bonchev–Trinajstić information content (AvgIpc) is 2.26. The van der Waals surface area contributed by atoms with Crippen molar-refractivity contribution in [1.82, 2.24) is 5.32 Å². The number of nitrogens with one attached hydrogen (secondary N) is 1. The van der Waals surface area contributed by atoms with Gasteiger partial charge in [0.25, 0.3) is 0 Å². The second-order valence-electron chi connectivity index (χ2n) is 3.73. The van der Waals surface area contributed by atoms with Crippen molar-refractivity contribution in [2.24, 2.45) is 0 Å². The zero-order valence-corrected chi connectivity index (χ0v) is 11.0. The number of benzene rings is 1. The van der Waals surface area contributed by atoms with E-state index in [-0.39, 0.29) is 16.7 Å². The smallest absolute Gasteiger partial charge is 0.179 e. The second-order valence-corrected chi connectivity index (χ2v) is 6.21. The molecule has 0 fully saturated rings. The van der Waals surface area contributed by atoms with E-state index in [1.807, 2.05) is 14.0 Å². The summed E-state index contributed by atoms with van der Waals surface area (Å²) in [6.07, 6.45) is 0.573. The van der Waals surface area contributed by atoms with Crippen molar-refractivity contribution in [3.8, 4) is 0 Å². The Morgan fingerprint density at radius 3 is 2.56 bits per heavy atom. The Hall–Kier alpha value is -0.580. The molecule has 0 aliphatic carbocycles. The molecule has 16 heavy (non-hydrogen) atoms. The summed E-state index contributed by atoms with van der Waals surface area (Å²) in [4.78, 5) is 0.222. The zero-order chi connectivity index (χ0) is 12.2. The topological polar surface area (TPSA) is 46.2 Å². The van der Waals surface area contributed by atoms with E-state index in [0.717, 1.165) is 0 Å². The summed E-state index contributed by atoms with van der Waals surface area (Å²) < 4.78 is 23.9. The van der Waals surface area contributed by atoms with Crippen LogP contribution in [0.2, 0.25) is 5.02 Å². The molecule has 1 atom stereocenters. The molecule has 1 unspecified atom stereocenters. The molecule has 0 heterocycles. The van der Waals surface area contributed by atoms with Crippen LogP contribution in [0.4, 0.5) is 0 Å². The van der Waals surface area contributed by atoms with E-state index in [1.54, 1.807) is 24.3 Å². The van der Waals surface area contributed by atoms with Crippen LogP contribution >= 0.6 is 11.6 Å². The third-order valence-electron chi connectivity index (χ3n) is 2.48. The Labute approximate surface area is 102 Å². The first-order valence-electron chi connectivity index (χ1n) is 5.12. The Kier molecular flexibility index (Phi) is 4.77. The predicted octanol–water partition coefficient (Wildman–Crippen LogP) is 2.11. The molecule has 0 aromatic heterocycles. The van der Waals surface area contributed by atoms with E-state index in [0.29, 0.717) is 11.4 Å². The maximum atomic E-state index is 12.0. The summed E-state index contributed by atoms with van der Waals surface area (Å²) >= 11 is 5.86. The molecule has 5 heteroatoms. The van der Waals surface area contributed by atoms with E-state index in [9.17, 15) is 8.42 Å². The summed E-state index contributed by atoms with van der Waals surface area (Å²) in [6, 6.07) is 6.72. The quantitative estimate of drug-likeness (QED) is 0.883. The van der Waals surface area contributed by atoms with Gasteiger partial charge >= 0.3 is 0 Å². The molecule has 0 bridgehead atoms. The van der Waals surface area contributed by atoms with E-state index >= 15 is 0 Å². The Balaban J connectivity index is 2.83. The van der Waals surface area contributed by atoms with Crippen molar-refractivity contribution < 1.29 is 8.42 Å². The highest BCUT2D eigenvalue weighted by molar-refractivity contribution is 7.91. The van der Waals surface area contributed by atoms with Crippen molar-refractivity contribution in [3.05, 3.63) is 29.3 Å². The van der Waals surface area contributed by atoms with Gasteiger partial charge in [-0.2, -0.15) is 0 Å². The van der Waals surface area contributed by atoms with Crippen LogP contribution in [0.5, 0.6) is 0 Å². The largest absolute Gasteiger partial charge is 0.317 e. The highest BCUT2D eigenvalue weighted by Crippen LogP contribution is 2.22. The fraction of sp³-hybridized carbons (Fsp3) is 0.455. The van der Waals surface area contributed by atoms with E-state index < -0.39 is 9.84 Å². The van der Waals surface area contributed by atoms with Crippen LogP contribution in [-0.2, 0) is 9.84 Å². The first-order chi connectivity index (χ1) is 7.47. The van der Waals surface area contributed by atoms with Gasteiger partial charge in [-0.3, -0.25) is 0 Å². The van der Waals surface area contributed by atoms with Gasteiger partial charge in [0.1, 0.15) is 0 Å². The standard InChI is InChI=1S/C11H16ClNO2S/c1-9(13-2)7-8-16(14,15)11-6-4-3-5-10(11)12/h3-6,9,13H,7-8H2,1-2H3. The van der Waals surface area contributed by atoms with E-state index in [2.05, 4.69) is 5.32 Å². The van der Waals surface area contributed by atoms with Crippen LogP contribution in [0, 0.1) is 0 Å². The SMILES string of the molecule is CNC(C)CCS(=O)(=O)c1ccccc1Cl. The number of hydrogen-bond acceptors (Lipinski definition) is 3. The monoisotopic (exact) mass is 261 g/mol. The van der Waals surface area contributed by atoms with E-state index in [4.69, 9.17) is 11.6 Å². The Bertz CT molecular complexity index is 445. The molecule has 1 aromatic carbocycles. The first kappa shape index (κ1) is 13.5. The van der Waals surface area contributed by atoms with Crippen LogP contribution < -0.4 is 5.32 Å². The van der Waals surface area contributed by atoms with Gasteiger partial charge in [0.15, 0.2) is 9.84 Å². The number of rotatable bonds is 5. The van der Waals surface area contributed by atoms with Crippen molar-refractivity contribution in [2.45, 2.75) is 24.3 Å². The van der Waals surface area contributed by atoms with Gasteiger partial charge in [0, 0.05) is 6.04 Å². The minimum absolute atomic E-state index is 0.110. The Morgan fingerprint density at radius 1 is 1.38 bits per heavy atom. The minimum Gasteiger partial charge on any atom is -0.317 e. The number of halogens is 1. The second kappa shape index (κ2) is 5.66. The van der Waals surface area contributed by atoms with Crippen molar-refractivity contribution in [2.75, 3.05) is 12.8 Å². The summed E-state index contributed by atoms with van der Waals surface area (Å²) in [5.41, 5.74) is 0. The van der Waals surface area contributed by atoms with Crippen LogP contribution in [-0.4, -0.2) is 27.3 Å². The average molecular weight is 262 g/mol. The zero-order valence-electron chi connectivity index (χ0n) is 9.40. The molecule has 0 aliphatic rings. The summed E-state index contributed by atoms with van der Waals surface area (Å²) in [5.74, 6) is 0.110. The minimum atomic E-state index is -3.27. The molecular weight excluding hydrogens is 246 g/mol. The third kappa shape index (κ3) is 3.47. The lowest BCUT2D eigenvalue weighted by molar-refractivity contribution is 0.565. The van der Waals surface area contributed by atoms with Crippen LogP contribution in [0.3, 0.4) is 0 Å². The lowest BCUT2D eigenvalue weighted by Gasteiger charge is -2.10. The third-order valence-corrected chi connectivity index (χ3v) is 4.73. The molecule has 0 saturated heterocycles. The summed E-state index contributed by atoms with van der Waals surface area (Å²) in [6.45, 7) is 1.95. The molecule has 3 nitrogen and oxygen atoms in total. The number of hydrogen-bond donors (Lipinski definition) is 1. The molecule has 90 valence electrons. The maximum absolute atomic E-state index is 12.0. The van der Waals surface area contributed by atoms with Crippen LogP contribution in [0.1, 0.15) is 13.3 Å². The lowest BCUT2D eigenvalue weighted by atomic mass is 10.3. The first-order valence-corrected chi connectivity index (χ1v) is 7.15. The molecule has 0 spiro atoms. The molecule has 1 N–H and O–H groups in total. The Morgan fingerprint density at radius 2 is 2.00 bits per heavy atom. The molecule has 0 aliphatic heterocycles. The molecule has 0 amide bonds. The highest BCUT2D eigenvalue weighted by Gasteiger charge is 2.18. The fourth-order valence-electron chi connectivity index (χ4n) is 1.28. The van der Waals surface area contributed by atoms with Crippen LogP contribution in [0.25, 0.3) is 0 Å². The van der Waals surface area contributed by atoms with Gasteiger partial charge in [0.2, 0.25) is 0 Å². The highest BCUT2D eigenvalue weighted by atomic mass is 35.5. The van der Waals surface area contributed by atoms with Gasteiger partial charge in [-0.15, -0.1) is 0 Å². The molecular formula is C11H16ClNO2S. The van der Waals surface area contributed by atoms with E-state index in [1.165, 1.54) is 0 Å². The van der Waals surface area contributed by atoms with Crippen molar-refractivity contribution in [1.29, 1.82) is 0 Å². The molecule has 1 aromatic rings. The van der Waals surface area contributed by atoms with Gasteiger partial charge in [-0.1, -0.05) is 23.7 Å². The number of sulfone groups is 1. The predicted molar refractivity (Wildman–Crippen MR) is 66.6 cm³/mol. The van der Waals surface area contributed by atoms with Gasteiger partial charge in [0.05, 0.1) is 15.7 Å².